The molecule has 0 radical (unpaired) electrons. The van der Waals surface area contributed by atoms with Gasteiger partial charge in [0, 0.05) is 13.1 Å². The lowest BCUT2D eigenvalue weighted by molar-refractivity contribution is -0.154. The molecule has 0 atom stereocenters. The summed E-state index contributed by atoms with van der Waals surface area (Å²) in [6.07, 6.45) is -3.32. The summed E-state index contributed by atoms with van der Waals surface area (Å²) < 4.78 is 42.7. The zero-order valence-corrected chi connectivity index (χ0v) is 15.7. The molecule has 0 saturated carbocycles. The topological polar surface area (TPSA) is 111 Å². The van der Waals surface area contributed by atoms with Gasteiger partial charge in [-0.3, -0.25) is 4.79 Å². The van der Waals surface area contributed by atoms with Crippen LogP contribution in [0.4, 0.5) is 24.9 Å². The van der Waals surface area contributed by atoms with Gasteiger partial charge in [0.2, 0.25) is 11.8 Å². The number of anilines is 2. The fraction of sp³-hybridized carbons (Fsp3) is 0.368. The number of carboxylic acid groups (broad SMARTS) is 1. The van der Waals surface area contributed by atoms with E-state index in [2.05, 4.69) is 15.3 Å². The van der Waals surface area contributed by atoms with E-state index < -0.39 is 31.2 Å². The highest BCUT2D eigenvalue weighted by atomic mass is 19.4. The lowest BCUT2D eigenvalue weighted by atomic mass is 10.0. The van der Waals surface area contributed by atoms with Crippen molar-refractivity contribution in [1.29, 1.82) is 5.26 Å². The highest BCUT2D eigenvalue weighted by Gasteiger charge is 2.31. The third-order valence-electron chi connectivity index (χ3n) is 4.46. The molecule has 0 unspecified atom stereocenters. The number of benzene rings is 1. The number of nitrogens with zero attached hydrogens (tertiary/aromatic N) is 4. The Balaban J connectivity index is 1.95. The number of rotatable bonds is 6. The van der Waals surface area contributed by atoms with Crippen molar-refractivity contribution in [1.82, 2.24) is 9.97 Å². The molecule has 2 aromatic rings. The molecule has 2 N–H and O–H groups in total. The SMILES string of the molecule is N#Cc1c(OCC(F)(F)F)nc(NCC(=O)O)nc1N1CCc2ccccc2CC1. The predicted molar refractivity (Wildman–Crippen MR) is 100 cm³/mol. The lowest BCUT2D eigenvalue weighted by Gasteiger charge is -2.24. The van der Waals surface area contributed by atoms with Crippen LogP contribution in [0.15, 0.2) is 24.3 Å². The normalized spacial score (nSPS) is 13.7. The Labute approximate surface area is 169 Å². The highest BCUT2D eigenvalue weighted by Crippen LogP contribution is 2.30. The molecule has 0 saturated heterocycles. The minimum Gasteiger partial charge on any atom is -0.480 e. The average Bonchev–Trinajstić information content (AvgIpc) is 2.92. The summed E-state index contributed by atoms with van der Waals surface area (Å²) >= 11 is 0. The average molecular weight is 421 g/mol. The maximum atomic E-state index is 12.6. The van der Waals surface area contributed by atoms with Crippen molar-refractivity contribution in [2.24, 2.45) is 0 Å². The van der Waals surface area contributed by atoms with Gasteiger partial charge in [-0.25, -0.2) is 0 Å². The van der Waals surface area contributed by atoms with Crippen molar-refractivity contribution in [3.05, 3.63) is 41.0 Å². The molecule has 0 bridgehead atoms. The van der Waals surface area contributed by atoms with Crippen LogP contribution < -0.4 is 15.0 Å². The molecular formula is C19H18F3N5O3. The van der Waals surface area contributed by atoms with Crippen LogP contribution in [0.25, 0.3) is 0 Å². The van der Waals surface area contributed by atoms with E-state index in [1.807, 2.05) is 30.3 Å². The van der Waals surface area contributed by atoms with E-state index in [4.69, 9.17) is 9.84 Å². The lowest BCUT2D eigenvalue weighted by Crippen LogP contribution is -2.29. The number of hydrogen-bond acceptors (Lipinski definition) is 7. The summed E-state index contributed by atoms with van der Waals surface area (Å²) in [5.41, 5.74) is 2.06. The summed E-state index contributed by atoms with van der Waals surface area (Å²) in [4.78, 5) is 20.6. The number of aromatic nitrogens is 2. The maximum Gasteiger partial charge on any atom is 0.422 e. The number of hydrogen-bond donors (Lipinski definition) is 2. The van der Waals surface area contributed by atoms with Crippen LogP contribution in [-0.2, 0) is 17.6 Å². The molecule has 0 aliphatic carbocycles. The Hall–Kier alpha value is -3.55. The van der Waals surface area contributed by atoms with Gasteiger partial charge < -0.3 is 20.1 Å². The molecule has 0 fully saturated rings. The van der Waals surface area contributed by atoms with Gasteiger partial charge in [0.25, 0.3) is 0 Å². The molecule has 3 rings (SSSR count). The minimum absolute atomic E-state index is 0.102. The first-order valence-corrected chi connectivity index (χ1v) is 9.06. The fourth-order valence-corrected chi connectivity index (χ4v) is 3.12. The van der Waals surface area contributed by atoms with Gasteiger partial charge in [0.15, 0.2) is 18.0 Å². The third-order valence-corrected chi connectivity index (χ3v) is 4.46. The van der Waals surface area contributed by atoms with Crippen LogP contribution in [0.3, 0.4) is 0 Å². The Morgan fingerprint density at radius 1 is 1.23 bits per heavy atom. The number of fused-ring (bicyclic) bond motifs is 1. The van der Waals surface area contributed by atoms with Crippen LogP contribution in [0, 0.1) is 11.3 Å². The summed E-state index contributed by atoms with van der Waals surface area (Å²) in [5.74, 6) is -1.88. The molecule has 0 amide bonds. The van der Waals surface area contributed by atoms with E-state index in [0.717, 1.165) is 11.1 Å². The standard InChI is InChI=1S/C19H18F3N5O3/c20-19(21,22)11-30-17-14(9-23)16(25-18(26-17)24-10-15(28)29)27-7-5-12-3-1-2-4-13(12)6-8-27/h1-4H,5-8,10-11H2,(H,28,29)(H,24,25,26). The molecule has 30 heavy (non-hydrogen) atoms. The first-order valence-electron chi connectivity index (χ1n) is 9.06. The van der Waals surface area contributed by atoms with Gasteiger partial charge in [0.1, 0.15) is 12.6 Å². The maximum absolute atomic E-state index is 12.6. The number of aliphatic carboxylic acids is 1. The Kier molecular flexibility index (Phi) is 6.25. The van der Waals surface area contributed by atoms with Gasteiger partial charge in [0.05, 0.1) is 0 Å². The van der Waals surface area contributed by atoms with Crippen LogP contribution in [-0.4, -0.2) is 53.5 Å². The minimum atomic E-state index is -4.63. The van der Waals surface area contributed by atoms with Gasteiger partial charge >= 0.3 is 12.1 Å². The zero-order chi connectivity index (χ0) is 21.7. The first-order chi connectivity index (χ1) is 14.3. The number of alkyl halides is 3. The van der Waals surface area contributed by atoms with E-state index in [-0.39, 0.29) is 17.3 Å². The number of nitrogens with one attached hydrogen (secondary N) is 1. The van der Waals surface area contributed by atoms with E-state index in [9.17, 15) is 23.2 Å². The second-order valence-corrected chi connectivity index (χ2v) is 6.57. The Bertz CT molecular complexity index is 948. The summed E-state index contributed by atoms with van der Waals surface area (Å²) in [6, 6.07) is 9.69. The van der Waals surface area contributed by atoms with Crippen LogP contribution in [0.2, 0.25) is 0 Å². The molecule has 8 nitrogen and oxygen atoms in total. The second kappa shape index (κ2) is 8.86. The van der Waals surface area contributed by atoms with E-state index in [1.54, 1.807) is 4.90 Å². The van der Waals surface area contributed by atoms with E-state index >= 15 is 0 Å². The van der Waals surface area contributed by atoms with E-state index in [0.29, 0.717) is 25.9 Å². The van der Waals surface area contributed by atoms with Gasteiger partial charge in [-0.15, -0.1) is 0 Å². The van der Waals surface area contributed by atoms with Crippen molar-refractivity contribution in [2.75, 3.05) is 36.5 Å². The summed E-state index contributed by atoms with van der Waals surface area (Å²) in [7, 11) is 0. The van der Waals surface area contributed by atoms with Crippen LogP contribution in [0.5, 0.6) is 5.88 Å². The molecule has 11 heteroatoms. The third kappa shape index (κ3) is 5.28. The van der Waals surface area contributed by atoms with Crippen molar-refractivity contribution in [2.45, 2.75) is 19.0 Å². The van der Waals surface area contributed by atoms with Crippen molar-refractivity contribution in [3.63, 3.8) is 0 Å². The number of halogens is 3. The molecular weight excluding hydrogens is 403 g/mol. The van der Waals surface area contributed by atoms with Gasteiger partial charge in [-0.05, 0) is 24.0 Å². The van der Waals surface area contributed by atoms with Crippen molar-refractivity contribution >= 4 is 17.7 Å². The molecule has 1 aromatic carbocycles. The zero-order valence-electron chi connectivity index (χ0n) is 15.7. The highest BCUT2D eigenvalue weighted by molar-refractivity contribution is 5.72. The van der Waals surface area contributed by atoms with Crippen molar-refractivity contribution in [3.8, 4) is 11.9 Å². The van der Waals surface area contributed by atoms with E-state index in [1.165, 1.54) is 0 Å². The molecule has 2 heterocycles. The molecule has 0 spiro atoms. The molecule has 1 aliphatic heterocycles. The molecule has 1 aromatic heterocycles. The molecule has 158 valence electrons. The number of nitriles is 1. The smallest absolute Gasteiger partial charge is 0.422 e. The summed E-state index contributed by atoms with van der Waals surface area (Å²) in [6.45, 7) is -1.24. The predicted octanol–water partition coefficient (Wildman–Crippen LogP) is 2.39. The number of carbonyl (C=O) groups is 1. The Morgan fingerprint density at radius 3 is 2.40 bits per heavy atom. The summed E-state index contributed by atoms with van der Waals surface area (Å²) in [5, 5.41) is 20.9. The largest absolute Gasteiger partial charge is 0.480 e. The number of carboxylic acids is 1. The van der Waals surface area contributed by atoms with Crippen molar-refractivity contribution < 1.29 is 27.8 Å². The number of ether oxygens (including phenoxy) is 1. The Morgan fingerprint density at radius 2 is 1.87 bits per heavy atom. The van der Waals surface area contributed by atoms with Crippen LogP contribution in [0.1, 0.15) is 16.7 Å². The monoisotopic (exact) mass is 421 g/mol. The first kappa shape index (κ1) is 21.2. The van der Waals surface area contributed by atoms with Gasteiger partial charge in [-0.1, -0.05) is 24.3 Å². The van der Waals surface area contributed by atoms with Crippen LogP contribution >= 0.6 is 0 Å². The van der Waals surface area contributed by atoms with Gasteiger partial charge in [-0.2, -0.15) is 28.4 Å². The fourth-order valence-electron chi connectivity index (χ4n) is 3.12. The quantitative estimate of drug-likeness (QED) is 0.732. The second-order valence-electron chi connectivity index (χ2n) is 6.57. The molecule has 1 aliphatic rings.